The molecule has 2 N–H and O–H groups in total. The average molecular weight is 291 g/mol. The first-order valence-corrected chi connectivity index (χ1v) is 6.41. The lowest BCUT2D eigenvalue weighted by Crippen LogP contribution is -2.24. The predicted molar refractivity (Wildman–Crippen MR) is 75.9 cm³/mol. The van der Waals surface area contributed by atoms with Crippen LogP contribution in [-0.2, 0) is 21.9 Å². The summed E-state index contributed by atoms with van der Waals surface area (Å²) in [6.07, 6.45) is -0.127. The number of halogens is 2. The van der Waals surface area contributed by atoms with Gasteiger partial charge in [-0.3, -0.25) is 4.79 Å². The second-order valence-electron chi connectivity index (χ2n) is 4.61. The average Bonchev–Trinajstić information content (AvgIpc) is 2.49. The maximum Gasteiger partial charge on any atom is 0.310 e. The van der Waals surface area contributed by atoms with Crippen LogP contribution in [0.1, 0.15) is 11.1 Å². The predicted octanol–water partition coefficient (Wildman–Crippen LogP) is 3.15. The number of nitrogens with two attached hydrogens (primary N) is 1. The number of nitrogen functional groups attached to an aromatic ring is 1. The van der Waals surface area contributed by atoms with Crippen molar-refractivity contribution in [3.63, 3.8) is 0 Å². The van der Waals surface area contributed by atoms with Gasteiger partial charge in [-0.1, -0.05) is 48.5 Å². The van der Waals surface area contributed by atoms with E-state index < -0.39 is 18.5 Å². The quantitative estimate of drug-likeness (QED) is 0.680. The first-order chi connectivity index (χ1) is 9.99. The number of hydrogen-bond donors (Lipinski definition) is 1. The molecule has 0 aromatic heterocycles. The molecule has 5 heteroatoms. The minimum atomic E-state index is -3.21. The van der Waals surface area contributed by atoms with E-state index >= 15 is 0 Å². The molecule has 0 radical (unpaired) electrons. The summed E-state index contributed by atoms with van der Waals surface area (Å²) in [4.78, 5) is 11.6. The summed E-state index contributed by atoms with van der Waals surface area (Å²) in [7, 11) is 0. The van der Waals surface area contributed by atoms with E-state index in [-0.39, 0.29) is 12.0 Å². The topological polar surface area (TPSA) is 52.3 Å². The lowest BCUT2D eigenvalue weighted by molar-refractivity contribution is -0.155. The Balaban J connectivity index is 1.94. The van der Waals surface area contributed by atoms with Crippen LogP contribution in [0.5, 0.6) is 0 Å². The smallest absolute Gasteiger partial charge is 0.310 e. The van der Waals surface area contributed by atoms with Gasteiger partial charge in [0.2, 0.25) is 0 Å². The molecule has 0 spiro atoms. The van der Waals surface area contributed by atoms with Crippen molar-refractivity contribution in [1.29, 1.82) is 0 Å². The molecule has 0 bridgehead atoms. The minimum absolute atomic E-state index is 0.127. The molecule has 0 aliphatic rings. The fourth-order valence-electron chi connectivity index (χ4n) is 1.84. The van der Waals surface area contributed by atoms with Gasteiger partial charge in [0.05, 0.1) is 6.42 Å². The Kier molecular flexibility index (Phi) is 4.52. The molecule has 3 nitrogen and oxygen atoms in total. The Hall–Kier alpha value is -2.43. The number of rotatable bonds is 5. The molecule has 0 saturated heterocycles. The van der Waals surface area contributed by atoms with Crippen LogP contribution in [0.3, 0.4) is 0 Å². The summed E-state index contributed by atoms with van der Waals surface area (Å²) >= 11 is 0. The zero-order valence-electron chi connectivity index (χ0n) is 11.3. The van der Waals surface area contributed by atoms with Crippen LogP contribution in [0.15, 0.2) is 54.6 Å². The van der Waals surface area contributed by atoms with Gasteiger partial charge < -0.3 is 10.5 Å². The van der Waals surface area contributed by atoms with E-state index in [0.717, 1.165) is 0 Å². The molecule has 2 rings (SSSR count). The van der Waals surface area contributed by atoms with E-state index in [4.69, 9.17) is 5.73 Å². The Morgan fingerprint density at radius 2 is 1.67 bits per heavy atom. The van der Waals surface area contributed by atoms with Crippen LogP contribution in [0, 0.1) is 0 Å². The number of ether oxygens (including phenoxy) is 1. The molecule has 0 atom stereocenters. The molecular formula is C16H15F2NO2. The Labute approximate surface area is 121 Å². The fraction of sp³-hybridized carbons (Fsp3) is 0.188. The van der Waals surface area contributed by atoms with Gasteiger partial charge in [-0.05, 0) is 11.6 Å². The Bertz CT molecular complexity index is 615. The van der Waals surface area contributed by atoms with Crippen molar-refractivity contribution in [1.82, 2.24) is 0 Å². The molecule has 2 aromatic rings. The van der Waals surface area contributed by atoms with Crippen LogP contribution in [0.25, 0.3) is 0 Å². The third-order valence-electron chi connectivity index (χ3n) is 3.00. The fourth-order valence-corrected chi connectivity index (χ4v) is 1.84. The number of esters is 1. The molecule has 0 aliphatic heterocycles. The Morgan fingerprint density at radius 3 is 2.33 bits per heavy atom. The standard InChI is InChI=1S/C16H15F2NO2/c17-16(18,13-7-2-1-3-8-13)11-21-15(20)10-12-6-4-5-9-14(12)19/h1-9H,10-11,19H2. The van der Waals surface area contributed by atoms with Crippen molar-refractivity contribution in [2.24, 2.45) is 0 Å². The maximum absolute atomic E-state index is 13.8. The van der Waals surface area contributed by atoms with Crippen molar-refractivity contribution in [2.75, 3.05) is 12.3 Å². The van der Waals surface area contributed by atoms with E-state index in [1.54, 1.807) is 30.3 Å². The second kappa shape index (κ2) is 6.35. The van der Waals surface area contributed by atoms with Gasteiger partial charge >= 0.3 is 11.9 Å². The van der Waals surface area contributed by atoms with Gasteiger partial charge in [0.15, 0.2) is 6.61 Å². The summed E-state index contributed by atoms with van der Waals surface area (Å²) in [6, 6.07) is 14.0. The van der Waals surface area contributed by atoms with Crippen molar-refractivity contribution < 1.29 is 18.3 Å². The van der Waals surface area contributed by atoms with Gasteiger partial charge in [0.25, 0.3) is 0 Å². The van der Waals surface area contributed by atoms with Crippen LogP contribution in [0.4, 0.5) is 14.5 Å². The van der Waals surface area contributed by atoms with Gasteiger partial charge in [0, 0.05) is 11.3 Å². The SMILES string of the molecule is Nc1ccccc1CC(=O)OCC(F)(F)c1ccccc1. The number of carbonyl (C=O) groups excluding carboxylic acids is 1. The lowest BCUT2D eigenvalue weighted by Gasteiger charge is -2.16. The van der Waals surface area contributed by atoms with Crippen LogP contribution in [-0.4, -0.2) is 12.6 Å². The highest BCUT2D eigenvalue weighted by Crippen LogP contribution is 2.28. The molecule has 0 amide bonds. The summed E-state index contributed by atoms with van der Waals surface area (Å²) in [5.41, 5.74) is 6.50. The van der Waals surface area contributed by atoms with E-state index in [9.17, 15) is 13.6 Å². The lowest BCUT2D eigenvalue weighted by atomic mass is 10.1. The molecule has 21 heavy (non-hydrogen) atoms. The van der Waals surface area contributed by atoms with E-state index in [1.807, 2.05) is 0 Å². The van der Waals surface area contributed by atoms with E-state index in [1.165, 1.54) is 24.3 Å². The zero-order valence-corrected chi connectivity index (χ0v) is 11.3. The summed E-state index contributed by atoms with van der Waals surface area (Å²) in [5.74, 6) is -3.94. The van der Waals surface area contributed by atoms with Crippen molar-refractivity contribution >= 4 is 11.7 Å². The number of anilines is 1. The summed E-state index contributed by atoms with van der Waals surface area (Å²) < 4.78 is 32.3. The minimum Gasteiger partial charge on any atom is -0.459 e. The number of carbonyl (C=O) groups is 1. The third kappa shape index (κ3) is 4.02. The highest BCUT2D eigenvalue weighted by Gasteiger charge is 2.33. The van der Waals surface area contributed by atoms with Gasteiger partial charge in [0.1, 0.15) is 0 Å². The molecule has 2 aromatic carbocycles. The number of benzene rings is 2. The molecular weight excluding hydrogens is 276 g/mol. The second-order valence-corrected chi connectivity index (χ2v) is 4.61. The van der Waals surface area contributed by atoms with Gasteiger partial charge in [-0.25, -0.2) is 0 Å². The zero-order chi connectivity index (χ0) is 15.3. The first-order valence-electron chi connectivity index (χ1n) is 6.41. The molecule has 0 saturated carbocycles. The van der Waals surface area contributed by atoms with E-state index in [0.29, 0.717) is 11.3 Å². The van der Waals surface area contributed by atoms with Crippen molar-refractivity contribution in [2.45, 2.75) is 12.3 Å². The van der Waals surface area contributed by atoms with Crippen LogP contribution >= 0.6 is 0 Å². The normalized spacial score (nSPS) is 11.1. The molecule has 0 heterocycles. The van der Waals surface area contributed by atoms with Crippen LogP contribution in [0.2, 0.25) is 0 Å². The molecule has 0 unspecified atom stereocenters. The van der Waals surface area contributed by atoms with Crippen molar-refractivity contribution in [3.8, 4) is 0 Å². The highest BCUT2D eigenvalue weighted by atomic mass is 19.3. The van der Waals surface area contributed by atoms with Crippen LogP contribution < -0.4 is 5.73 Å². The first kappa shape index (κ1) is 15.0. The molecule has 0 fully saturated rings. The third-order valence-corrected chi connectivity index (χ3v) is 3.00. The maximum atomic E-state index is 13.8. The molecule has 0 aliphatic carbocycles. The number of hydrogen-bond acceptors (Lipinski definition) is 3. The van der Waals surface area contributed by atoms with E-state index in [2.05, 4.69) is 4.74 Å². The highest BCUT2D eigenvalue weighted by molar-refractivity contribution is 5.74. The number of alkyl halides is 2. The van der Waals surface area contributed by atoms with Crippen molar-refractivity contribution in [3.05, 3.63) is 65.7 Å². The van der Waals surface area contributed by atoms with Gasteiger partial charge in [-0.15, -0.1) is 0 Å². The summed E-state index contributed by atoms with van der Waals surface area (Å²) in [5, 5.41) is 0. The number of para-hydroxylation sites is 1. The summed E-state index contributed by atoms with van der Waals surface area (Å²) in [6.45, 7) is -0.984. The monoisotopic (exact) mass is 291 g/mol. The Morgan fingerprint density at radius 1 is 1.05 bits per heavy atom. The molecule has 110 valence electrons. The largest absolute Gasteiger partial charge is 0.459 e. The van der Waals surface area contributed by atoms with Gasteiger partial charge in [-0.2, -0.15) is 8.78 Å².